The van der Waals surface area contributed by atoms with Crippen molar-refractivity contribution in [2.24, 2.45) is 0 Å². The summed E-state index contributed by atoms with van der Waals surface area (Å²) in [5, 5.41) is 5.37. The minimum Gasteiger partial charge on any atom is -0.395 e. The summed E-state index contributed by atoms with van der Waals surface area (Å²) in [6, 6.07) is 9.21. The quantitative estimate of drug-likeness (QED) is 0.933. The Morgan fingerprint density at radius 2 is 1.91 bits per heavy atom. The molecule has 4 nitrogen and oxygen atoms in total. The van der Waals surface area contributed by atoms with Crippen molar-refractivity contribution in [3.8, 4) is 11.5 Å². The van der Waals surface area contributed by atoms with Crippen molar-refractivity contribution in [2.45, 2.75) is 12.3 Å². The molecule has 3 heterocycles. The lowest BCUT2D eigenvalue weighted by Gasteiger charge is -2.34. The minimum atomic E-state index is -3.57. The molecular formula is C16H16F2N2O2S. The molecule has 0 radical (unpaired) electrons. The van der Waals surface area contributed by atoms with Crippen LogP contribution in [-0.4, -0.2) is 37.4 Å². The molecule has 122 valence electrons. The van der Waals surface area contributed by atoms with Crippen molar-refractivity contribution in [3.05, 3.63) is 46.2 Å². The predicted octanol–water partition coefficient (Wildman–Crippen LogP) is 3.06. The van der Waals surface area contributed by atoms with E-state index < -0.39 is 6.29 Å². The lowest BCUT2D eigenvalue weighted by Crippen LogP contribution is -2.45. The van der Waals surface area contributed by atoms with Gasteiger partial charge in [0.2, 0.25) is 0 Å². The molecule has 0 aliphatic carbocycles. The summed E-state index contributed by atoms with van der Waals surface area (Å²) in [5.41, 5.74) is 0.939. The maximum absolute atomic E-state index is 13.2. The Hall–Kier alpha value is -1.70. The summed E-state index contributed by atoms with van der Waals surface area (Å²) in [5.74, 6) is 0.188. The van der Waals surface area contributed by atoms with Gasteiger partial charge in [-0.2, -0.15) is 0 Å². The van der Waals surface area contributed by atoms with Gasteiger partial charge in [0.05, 0.1) is 6.04 Å². The van der Waals surface area contributed by atoms with Crippen LogP contribution < -0.4 is 14.8 Å². The first kappa shape index (κ1) is 14.9. The van der Waals surface area contributed by atoms with Crippen molar-refractivity contribution >= 4 is 11.3 Å². The Kier molecular flexibility index (Phi) is 3.71. The summed E-state index contributed by atoms with van der Waals surface area (Å²) in [6.07, 6.45) is -3.57. The van der Waals surface area contributed by atoms with Crippen LogP contribution in [-0.2, 0) is 0 Å². The van der Waals surface area contributed by atoms with Gasteiger partial charge in [0, 0.05) is 31.1 Å². The normalized spacial score (nSPS) is 21.3. The molecule has 1 saturated heterocycles. The molecule has 1 aromatic carbocycles. The summed E-state index contributed by atoms with van der Waals surface area (Å²) in [7, 11) is 0. The lowest BCUT2D eigenvalue weighted by molar-refractivity contribution is -0.286. The average Bonchev–Trinajstić information content (AvgIpc) is 3.14. The van der Waals surface area contributed by atoms with Crippen molar-refractivity contribution in [1.82, 2.24) is 10.2 Å². The molecule has 7 heteroatoms. The standard InChI is InChI=1S/C16H16F2N2O2S/c17-16(18)21-12-4-3-11(10-13(12)22-16)15(14-2-1-9-23-14)20-7-5-19-6-8-20/h1-4,9-10,15,19H,5-8H2/t15-/m1/s1. The van der Waals surface area contributed by atoms with Gasteiger partial charge < -0.3 is 14.8 Å². The van der Waals surface area contributed by atoms with Crippen LogP contribution in [0.5, 0.6) is 11.5 Å². The second kappa shape index (κ2) is 5.74. The molecule has 0 amide bonds. The van der Waals surface area contributed by atoms with E-state index in [0.29, 0.717) is 0 Å². The second-order valence-electron chi connectivity index (χ2n) is 5.58. The van der Waals surface area contributed by atoms with Crippen LogP contribution in [0.25, 0.3) is 0 Å². The highest BCUT2D eigenvalue weighted by Crippen LogP contribution is 2.43. The lowest BCUT2D eigenvalue weighted by atomic mass is 10.0. The average molecular weight is 338 g/mol. The first-order chi connectivity index (χ1) is 11.1. The predicted molar refractivity (Wildman–Crippen MR) is 83.2 cm³/mol. The van der Waals surface area contributed by atoms with Crippen LogP contribution in [0.4, 0.5) is 8.78 Å². The third-order valence-corrected chi connectivity index (χ3v) is 5.00. The van der Waals surface area contributed by atoms with Crippen LogP contribution in [0.15, 0.2) is 35.7 Å². The molecule has 2 aliphatic heterocycles. The van der Waals surface area contributed by atoms with Crippen LogP contribution in [0.1, 0.15) is 16.5 Å². The van der Waals surface area contributed by atoms with E-state index in [1.807, 2.05) is 17.5 Å². The number of nitrogens with zero attached hydrogens (tertiary/aromatic N) is 1. The number of ether oxygens (including phenoxy) is 2. The van der Waals surface area contributed by atoms with Crippen LogP contribution in [0.2, 0.25) is 0 Å². The van der Waals surface area contributed by atoms with E-state index in [1.165, 1.54) is 4.88 Å². The third kappa shape index (κ3) is 2.91. The molecule has 2 aliphatic rings. The van der Waals surface area contributed by atoms with E-state index in [4.69, 9.17) is 0 Å². The number of hydrogen-bond acceptors (Lipinski definition) is 5. The molecule has 0 saturated carbocycles. The van der Waals surface area contributed by atoms with Gasteiger partial charge in [-0.1, -0.05) is 12.1 Å². The molecule has 0 spiro atoms. The molecule has 1 atom stereocenters. The largest absolute Gasteiger partial charge is 0.586 e. The fourth-order valence-corrected chi connectivity index (χ4v) is 3.96. The Balaban J connectivity index is 1.70. The number of halogens is 2. The highest BCUT2D eigenvalue weighted by atomic mass is 32.1. The molecular weight excluding hydrogens is 322 g/mol. The number of rotatable bonds is 3. The Labute approximate surface area is 136 Å². The fourth-order valence-electron chi connectivity index (χ4n) is 3.08. The first-order valence-corrected chi connectivity index (χ1v) is 8.38. The van der Waals surface area contributed by atoms with Gasteiger partial charge in [-0.3, -0.25) is 4.90 Å². The Morgan fingerprint density at radius 3 is 2.65 bits per heavy atom. The first-order valence-electron chi connectivity index (χ1n) is 7.50. The van der Waals surface area contributed by atoms with Gasteiger partial charge in [0.25, 0.3) is 0 Å². The van der Waals surface area contributed by atoms with Crippen molar-refractivity contribution in [2.75, 3.05) is 26.2 Å². The minimum absolute atomic E-state index is 0.0419. The Morgan fingerprint density at radius 1 is 1.13 bits per heavy atom. The van der Waals surface area contributed by atoms with Crippen LogP contribution >= 0.6 is 11.3 Å². The molecule has 4 rings (SSSR count). The maximum Gasteiger partial charge on any atom is 0.586 e. The van der Waals surface area contributed by atoms with Gasteiger partial charge in [0.15, 0.2) is 11.5 Å². The Bertz CT molecular complexity index is 687. The molecule has 0 bridgehead atoms. The number of hydrogen-bond donors (Lipinski definition) is 1. The smallest absolute Gasteiger partial charge is 0.395 e. The van der Waals surface area contributed by atoms with E-state index in [1.54, 1.807) is 23.5 Å². The van der Waals surface area contributed by atoms with Crippen molar-refractivity contribution in [1.29, 1.82) is 0 Å². The number of fused-ring (bicyclic) bond motifs is 1. The topological polar surface area (TPSA) is 33.7 Å². The zero-order chi connectivity index (χ0) is 15.9. The van der Waals surface area contributed by atoms with Gasteiger partial charge in [-0.25, -0.2) is 0 Å². The highest BCUT2D eigenvalue weighted by Gasteiger charge is 2.43. The molecule has 23 heavy (non-hydrogen) atoms. The molecule has 2 aromatic rings. The second-order valence-corrected chi connectivity index (χ2v) is 6.56. The summed E-state index contributed by atoms with van der Waals surface area (Å²) in [4.78, 5) is 3.55. The van der Waals surface area contributed by atoms with E-state index in [0.717, 1.165) is 31.7 Å². The fraction of sp³-hybridized carbons (Fsp3) is 0.375. The number of nitrogens with one attached hydrogen (secondary N) is 1. The zero-order valence-corrected chi connectivity index (χ0v) is 13.1. The van der Waals surface area contributed by atoms with Gasteiger partial charge in [0.1, 0.15) is 0 Å². The SMILES string of the molecule is FC1(F)Oc2ccc([C@H](c3cccs3)N3CCNCC3)cc2O1. The number of piperazine rings is 1. The van der Waals surface area contributed by atoms with Crippen molar-refractivity contribution in [3.63, 3.8) is 0 Å². The van der Waals surface area contributed by atoms with Gasteiger partial charge in [-0.05, 0) is 29.1 Å². The zero-order valence-electron chi connectivity index (χ0n) is 12.3. The van der Waals surface area contributed by atoms with Crippen LogP contribution in [0, 0.1) is 0 Å². The monoisotopic (exact) mass is 338 g/mol. The van der Waals surface area contributed by atoms with E-state index in [9.17, 15) is 8.78 Å². The van der Waals surface area contributed by atoms with E-state index in [2.05, 4.69) is 25.8 Å². The molecule has 1 N–H and O–H groups in total. The highest BCUT2D eigenvalue weighted by molar-refractivity contribution is 7.10. The maximum atomic E-state index is 13.2. The summed E-state index contributed by atoms with van der Waals surface area (Å²) in [6.45, 7) is 3.66. The third-order valence-electron chi connectivity index (χ3n) is 4.07. The number of benzene rings is 1. The van der Waals surface area contributed by atoms with Gasteiger partial charge >= 0.3 is 6.29 Å². The summed E-state index contributed by atoms with van der Waals surface area (Å²) < 4.78 is 35.6. The van der Waals surface area contributed by atoms with Crippen molar-refractivity contribution < 1.29 is 18.3 Å². The number of thiophene rings is 1. The van der Waals surface area contributed by atoms with Gasteiger partial charge in [-0.15, -0.1) is 20.1 Å². The molecule has 1 aromatic heterocycles. The van der Waals surface area contributed by atoms with E-state index >= 15 is 0 Å². The number of alkyl halides is 2. The summed E-state index contributed by atoms with van der Waals surface area (Å²) >= 11 is 1.67. The van der Waals surface area contributed by atoms with Crippen LogP contribution in [0.3, 0.4) is 0 Å². The molecule has 0 unspecified atom stereocenters. The van der Waals surface area contributed by atoms with E-state index in [-0.39, 0.29) is 17.5 Å². The molecule has 1 fully saturated rings.